The zero-order valence-electron chi connectivity index (χ0n) is 18.1. The van der Waals surface area contributed by atoms with Crippen LogP contribution >= 0.6 is 0 Å². The van der Waals surface area contributed by atoms with Gasteiger partial charge >= 0.3 is 0 Å². The van der Waals surface area contributed by atoms with E-state index in [1.165, 1.54) is 44.9 Å². The van der Waals surface area contributed by atoms with Crippen LogP contribution in [-0.2, 0) is 11.8 Å². The Morgan fingerprint density at radius 3 is 2.68 bits per heavy atom. The first-order chi connectivity index (χ1) is 13.3. The van der Waals surface area contributed by atoms with Crippen molar-refractivity contribution in [3.8, 4) is 0 Å². The van der Waals surface area contributed by atoms with Crippen molar-refractivity contribution in [2.75, 3.05) is 0 Å². The number of hydrogen-bond acceptors (Lipinski definition) is 2. The summed E-state index contributed by atoms with van der Waals surface area (Å²) in [5.41, 5.74) is 3.57. The summed E-state index contributed by atoms with van der Waals surface area (Å²) in [7, 11) is 1.98. The molecule has 0 amide bonds. The third-order valence-corrected chi connectivity index (χ3v) is 9.58. The van der Waals surface area contributed by atoms with Crippen molar-refractivity contribution in [2.24, 2.45) is 41.5 Å². The molecule has 4 aliphatic carbocycles. The number of fused-ring (bicyclic) bond motifs is 5. The van der Waals surface area contributed by atoms with Crippen molar-refractivity contribution in [3.05, 3.63) is 23.0 Å². The van der Waals surface area contributed by atoms with Crippen molar-refractivity contribution in [2.45, 2.75) is 78.6 Å². The number of aromatic nitrogens is 2. The molecular formula is C25H36N2O. The Labute approximate surface area is 170 Å². The smallest absolute Gasteiger partial charge is 0.165 e. The number of hydrogen-bond donors (Lipinski definition) is 0. The Hall–Kier alpha value is -1.38. The molecule has 4 fully saturated rings. The maximum Gasteiger partial charge on any atom is 0.165 e. The van der Waals surface area contributed by atoms with E-state index in [0.29, 0.717) is 17.1 Å². The van der Waals surface area contributed by atoms with Gasteiger partial charge in [-0.15, -0.1) is 0 Å². The van der Waals surface area contributed by atoms with Gasteiger partial charge in [0.15, 0.2) is 5.78 Å². The molecule has 152 valence electrons. The SMILES string of the molecule is Cc1cc(/C=C2/C[C@@H]3[C@H]4CC[C@@H]5CCCC[C@]5(C)[C@@H]4CC[C@]3(C)C2=O)n(C)n1. The van der Waals surface area contributed by atoms with Gasteiger partial charge in [0.1, 0.15) is 0 Å². The van der Waals surface area contributed by atoms with Crippen molar-refractivity contribution < 1.29 is 4.79 Å². The third-order valence-electron chi connectivity index (χ3n) is 9.58. The molecular weight excluding hydrogens is 344 g/mol. The molecule has 4 aliphatic rings. The Kier molecular flexibility index (Phi) is 4.20. The fourth-order valence-electron chi connectivity index (χ4n) is 8.04. The van der Waals surface area contributed by atoms with Gasteiger partial charge in [-0.2, -0.15) is 5.10 Å². The quantitative estimate of drug-likeness (QED) is 0.584. The number of aryl methyl sites for hydroxylation is 2. The molecule has 28 heavy (non-hydrogen) atoms. The van der Waals surface area contributed by atoms with Gasteiger partial charge in [0.25, 0.3) is 0 Å². The lowest BCUT2D eigenvalue weighted by molar-refractivity contribution is -0.137. The van der Waals surface area contributed by atoms with E-state index in [1.54, 1.807) is 0 Å². The first-order valence-electron chi connectivity index (χ1n) is 11.6. The third kappa shape index (κ3) is 2.53. The van der Waals surface area contributed by atoms with E-state index in [-0.39, 0.29) is 5.41 Å². The van der Waals surface area contributed by atoms with E-state index in [1.807, 2.05) is 18.7 Å². The molecule has 6 atom stereocenters. The minimum Gasteiger partial charge on any atom is -0.294 e. The number of carbonyl (C=O) groups excluding carboxylic acids is 1. The highest BCUT2D eigenvalue weighted by Gasteiger charge is 2.60. The van der Waals surface area contributed by atoms with Gasteiger partial charge in [0, 0.05) is 12.5 Å². The first kappa shape index (κ1) is 18.6. The molecule has 4 saturated carbocycles. The molecule has 1 heterocycles. The average molecular weight is 381 g/mol. The van der Waals surface area contributed by atoms with Gasteiger partial charge in [-0.1, -0.05) is 26.7 Å². The first-order valence-corrected chi connectivity index (χ1v) is 11.6. The fraction of sp³-hybridized carbons (Fsp3) is 0.760. The van der Waals surface area contributed by atoms with Crippen LogP contribution in [0, 0.1) is 41.4 Å². The van der Waals surface area contributed by atoms with E-state index >= 15 is 0 Å². The molecule has 0 aromatic carbocycles. The summed E-state index contributed by atoms with van der Waals surface area (Å²) < 4.78 is 1.91. The summed E-state index contributed by atoms with van der Waals surface area (Å²) in [6, 6.07) is 2.10. The summed E-state index contributed by atoms with van der Waals surface area (Å²) in [5, 5.41) is 4.47. The van der Waals surface area contributed by atoms with Gasteiger partial charge in [0.2, 0.25) is 0 Å². The van der Waals surface area contributed by atoms with Crippen LogP contribution in [0.5, 0.6) is 0 Å². The Bertz CT molecular complexity index is 836. The zero-order valence-corrected chi connectivity index (χ0v) is 18.1. The summed E-state index contributed by atoms with van der Waals surface area (Å²) in [6.45, 7) is 6.93. The molecule has 0 bridgehead atoms. The molecule has 3 nitrogen and oxygen atoms in total. The van der Waals surface area contributed by atoms with Gasteiger partial charge < -0.3 is 0 Å². The Balaban J connectivity index is 1.47. The van der Waals surface area contributed by atoms with Crippen LogP contribution in [-0.4, -0.2) is 15.6 Å². The molecule has 0 saturated heterocycles. The lowest BCUT2D eigenvalue weighted by atomic mass is 9.45. The summed E-state index contributed by atoms with van der Waals surface area (Å²) >= 11 is 0. The van der Waals surface area contributed by atoms with Gasteiger partial charge in [-0.05, 0) is 98.7 Å². The number of rotatable bonds is 1. The second-order valence-electron chi connectivity index (χ2n) is 10.9. The molecule has 0 radical (unpaired) electrons. The predicted molar refractivity (Wildman–Crippen MR) is 113 cm³/mol. The van der Waals surface area contributed by atoms with Crippen LogP contribution in [0.15, 0.2) is 11.6 Å². The van der Waals surface area contributed by atoms with E-state index in [9.17, 15) is 4.79 Å². The number of allylic oxidation sites excluding steroid dienone is 1. The average Bonchev–Trinajstić information content (AvgIpc) is 3.11. The highest BCUT2D eigenvalue weighted by Crippen LogP contribution is 2.66. The number of carbonyl (C=O) groups is 1. The number of ketones is 1. The fourth-order valence-corrected chi connectivity index (χ4v) is 8.04. The monoisotopic (exact) mass is 380 g/mol. The zero-order chi connectivity index (χ0) is 19.7. The van der Waals surface area contributed by atoms with Crippen LogP contribution in [0.2, 0.25) is 0 Å². The Morgan fingerprint density at radius 1 is 1.11 bits per heavy atom. The van der Waals surface area contributed by atoms with Crippen LogP contribution in [0.25, 0.3) is 6.08 Å². The predicted octanol–water partition coefficient (Wildman–Crippen LogP) is 5.72. The summed E-state index contributed by atoms with van der Waals surface area (Å²) in [6.07, 6.45) is 14.0. The molecule has 0 unspecified atom stereocenters. The van der Waals surface area contributed by atoms with Crippen molar-refractivity contribution in [1.82, 2.24) is 9.78 Å². The summed E-state index contributed by atoms with van der Waals surface area (Å²) in [5.74, 6) is 3.53. The minimum atomic E-state index is -0.126. The molecule has 3 heteroatoms. The van der Waals surface area contributed by atoms with Crippen molar-refractivity contribution in [3.63, 3.8) is 0 Å². The van der Waals surface area contributed by atoms with Gasteiger partial charge in [0.05, 0.1) is 11.4 Å². The minimum absolute atomic E-state index is 0.126. The maximum absolute atomic E-state index is 13.5. The Morgan fingerprint density at radius 2 is 1.93 bits per heavy atom. The molecule has 5 rings (SSSR count). The number of nitrogens with zero attached hydrogens (tertiary/aromatic N) is 2. The summed E-state index contributed by atoms with van der Waals surface area (Å²) in [4.78, 5) is 13.5. The standard InChI is InChI=1S/C25H36N2O/c1-16-13-19(27(4)26-16)14-17-15-22-20-9-8-18-7-5-6-11-24(18,2)21(20)10-12-25(22,3)23(17)28/h13-14,18,20-22H,5-12,15H2,1-4H3/b17-14-/t18-,20-,21+,22+,24-,25-/m0/s1. The van der Waals surface area contributed by atoms with Crippen molar-refractivity contribution >= 4 is 11.9 Å². The highest BCUT2D eigenvalue weighted by atomic mass is 16.1. The lowest BCUT2D eigenvalue weighted by Crippen LogP contribution is -2.52. The molecule has 1 aromatic rings. The van der Waals surface area contributed by atoms with Crippen LogP contribution in [0.4, 0.5) is 0 Å². The molecule has 0 spiro atoms. The van der Waals surface area contributed by atoms with E-state index < -0.39 is 0 Å². The van der Waals surface area contributed by atoms with Crippen LogP contribution in [0.1, 0.15) is 83.0 Å². The van der Waals surface area contributed by atoms with Crippen molar-refractivity contribution in [1.29, 1.82) is 0 Å². The molecule has 1 aromatic heterocycles. The number of Topliss-reactive ketones (excluding diaryl/α,β-unsaturated/α-hetero) is 1. The second kappa shape index (κ2) is 6.31. The van der Waals surface area contributed by atoms with E-state index in [0.717, 1.165) is 47.6 Å². The molecule has 0 aliphatic heterocycles. The molecule has 0 N–H and O–H groups in total. The lowest BCUT2D eigenvalue weighted by Gasteiger charge is -2.59. The normalized spacial score (nSPS) is 44.3. The van der Waals surface area contributed by atoms with Crippen LogP contribution in [0.3, 0.4) is 0 Å². The topological polar surface area (TPSA) is 34.9 Å². The maximum atomic E-state index is 13.5. The van der Waals surface area contributed by atoms with Gasteiger partial charge in [-0.3, -0.25) is 9.48 Å². The van der Waals surface area contributed by atoms with Gasteiger partial charge in [-0.25, -0.2) is 0 Å². The van der Waals surface area contributed by atoms with E-state index in [2.05, 4.69) is 31.1 Å². The second-order valence-corrected chi connectivity index (χ2v) is 10.9. The largest absolute Gasteiger partial charge is 0.294 e. The van der Waals surface area contributed by atoms with Crippen LogP contribution < -0.4 is 0 Å². The highest BCUT2D eigenvalue weighted by molar-refractivity contribution is 6.05. The van der Waals surface area contributed by atoms with E-state index in [4.69, 9.17) is 0 Å².